The second kappa shape index (κ2) is 10.5. The summed E-state index contributed by atoms with van der Waals surface area (Å²) in [7, 11) is 0. The molecule has 0 radical (unpaired) electrons. The third-order valence-electron chi connectivity index (χ3n) is 4.44. The lowest BCUT2D eigenvalue weighted by atomic mass is 10.1. The molecule has 3 aromatic rings. The highest BCUT2D eigenvalue weighted by Gasteiger charge is 2.33. The molecular formula is C23H12Cl2F3N3O4. The number of rotatable bonds is 6. The fraction of sp³-hybridized carbons (Fsp3) is 0.0435. The molecule has 0 fully saturated rings. The fourth-order valence-corrected chi connectivity index (χ4v) is 3.11. The van der Waals surface area contributed by atoms with Gasteiger partial charge < -0.3 is 10.1 Å². The number of alkyl halides is 3. The molecule has 0 heterocycles. The number of anilines is 1. The van der Waals surface area contributed by atoms with Crippen LogP contribution in [0.15, 0.2) is 66.2 Å². The van der Waals surface area contributed by atoms with E-state index in [0.717, 1.165) is 12.1 Å². The van der Waals surface area contributed by atoms with Crippen LogP contribution in [0, 0.1) is 21.4 Å². The summed E-state index contributed by atoms with van der Waals surface area (Å²) in [5, 5.41) is 24.0. The highest BCUT2D eigenvalue weighted by atomic mass is 35.5. The summed E-state index contributed by atoms with van der Waals surface area (Å²) in [6.45, 7) is 0. The first-order valence-corrected chi connectivity index (χ1v) is 10.3. The maximum absolute atomic E-state index is 13.0. The van der Waals surface area contributed by atoms with Gasteiger partial charge in [0.15, 0.2) is 0 Å². The number of benzene rings is 3. The average Bonchev–Trinajstić information content (AvgIpc) is 2.79. The Labute approximate surface area is 206 Å². The Morgan fingerprint density at radius 1 is 1.03 bits per heavy atom. The first-order valence-electron chi connectivity index (χ1n) is 9.49. The predicted molar refractivity (Wildman–Crippen MR) is 123 cm³/mol. The van der Waals surface area contributed by atoms with Crippen molar-refractivity contribution in [3.05, 3.63) is 97.5 Å². The van der Waals surface area contributed by atoms with E-state index in [1.807, 2.05) is 0 Å². The number of carbonyl (C=O) groups excluding carboxylic acids is 1. The third kappa shape index (κ3) is 6.50. The minimum absolute atomic E-state index is 0.0782. The third-order valence-corrected chi connectivity index (χ3v) is 4.93. The summed E-state index contributed by atoms with van der Waals surface area (Å²) >= 11 is 11.8. The summed E-state index contributed by atoms with van der Waals surface area (Å²) in [4.78, 5) is 22.9. The molecule has 7 nitrogen and oxygen atoms in total. The second-order valence-electron chi connectivity index (χ2n) is 6.85. The minimum atomic E-state index is -4.80. The van der Waals surface area contributed by atoms with Gasteiger partial charge in [-0.1, -0.05) is 23.2 Å². The van der Waals surface area contributed by atoms with Gasteiger partial charge in [0.1, 0.15) is 17.4 Å². The number of carbonyl (C=O) groups is 1. The number of nitrogens with zero attached hydrogens (tertiary/aromatic N) is 2. The standard InChI is InChI=1S/C23H12Cl2F3N3O4/c24-16-2-5-18(6-3-16)30-22(32)14(12-29)9-13-10-17(25)4-8-20(13)35-21-7-1-15(23(26,27)28)11-19(21)31(33)34/h1-11H,(H,30,32)/b14-9+. The molecule has 3 rings (SSSR count). The number of hydrogen-bond donors (Lipinski definition) is 1. The van der Waals surface area contributed by atoms with Crippen molar-refractivity contribution in [1.82, 2.24) is 0 Å². The van der Waals surface area contributed by atoms with Crippen molar-refractivity contribution in [2.24, 2.45) is 0 Å². The number of nitrogens with one attached hydrogen (secondary N) is 1. The summed E-state index contributed by atoms with van der Waals surface area (Å²) in [6.07, 6.45) is -3.67. The molecule has 3 aromatic carbocycles. The normalized spacial score (nSPS) is 11.5. The van der Waals surface area contributed by atoms with Gasteiger partial charge in [-0.05, 0) is 60.7 Å². The molecule has 0 aliphatic heterocycles. The smallest absolute Gasteiger partial charge is 0.416 e. The molecule has 12 heteroatoms. The molecule has 0 aliphatic rings. The van der Waals surface area contributed by atoms with Crippen molar-refractivity contribution in [2.75, 3.05) is 5.32 Å². The van der Waals surface area contributed by atoms with Gasteiger partial charge in [-0.2, -0.15) is 18.4 Å². The molecular weight excluding hydrogens is 510 g/mol. The van der Waals surface area contributed by atoms with Crippen LogP contribution >= 0.6 is 23.2 Å². The van der Waals surface area contributed by atoms with E-state index < -0.39 is 34.0 Å². The van der Waals surface area contributed by atoms with E-state index in [9.17, 15) is 33.3 Å². The van der Waals surface area contributed by atoms with Gasteiger partial charge in [0.2, 0.25) is 5.75 Å². The number of amides is 1. The largest absolute Gasteiger partial charge is 0.449 e. The lowest BCUT2D eigenvalue weighted by molar-refractivity contribution is -0.385. The highest BCUT2D eigenvalue weighted by Crippen LogP contribution is 2.39. The molecule has 0 unspecified atom stereocenters. The SMILES string of the molecule is N#C/C(=C\c1cc(Cl)ccc1Oc1ccc(C(F)(F)F)cc1[N+](=O)[O-])C(=O)Nc1ccc(Cl)cc1. The van der Waals surface area contributed by atoms with Crippen LogP contribution in [0.5, 0.6) is 11.5 Å². The van der Waals surface area contributed by atoms with E-state index in [0.29, 0.717) is 22.8 Å². The monoisotopic (exact) mass is 521 g/mol. The van der Waals surface area contributed by atoms with Crippen LogP contribution in [0.1, 0.15) is 11.1 Å². The van der Waals surface area contributed by atoms with Crippen LogP contribution in [0.3, 0.4) is 0 Å². The Bertz CT molecular complexity index is 1370. The highest BCUT2D eigenvalue weighted by molar-refractivity contribution is 6.31. The number of halogens is 5. The molecule has 0 spiro atoms. The van der Waals surface area contributed by atoms with Crippen molar-refractivity contribution in [3.8, 4) is 17.6 Å². The molecule has 0 aromatic heterocycles. The van der Waals surface area contributed by atoms with Gasteiger partial charge in [-0.3, -0.25) is 14.9 Å². The molecule has 0 atom stereocenters. The fourth-order valence-electron chi connectivity index (χ4n) is 2.80. The first kappa shape index (κ1) is 25.6. The summed E-state index contributed by atoms with van der Waals surface area (Å²) in [5.41, 5.74) is -2.07. The van der Waals surface area contributed by atoms with Crippen molar-refractivity contribution in [2.45, 2.75) is 6.18 Å². The van der Waals surface area contributed by atoms with Gasteiger partial charge in [0.05, 0.1) is 10.5 Å². The Balaban J connectivity index is 1.98. The van der Waals surface area contributed by atoms with Crippen molar-refractivity contribution in [3.63, 3.8) is 0 Å². The van der Waals surface area contributed by atoms with Crippen LogP contribution in [-0.4, -0.2) is 10.8 Å². The molecule has 0 aliphatic carbocycles. The maximum Gasteiger partial charge on any atom is 0.416 e. The quantitative estimate of drug-likeness (QED) is 0.159. The zero-order valence-electron chi connectivity index (χ0n) is 17.3. The van der Waals surface area contributed by atoms with Crippen LogP contribution in [0.4, 0.5) is 24.5 Å². The number of nitro benzene ring substituents is 1. The zero-order chi connectivity index (χ0) is 25.8. The topological polar surface area (TPSA) is 105 Å². The Kier molecular flexibility index (Phi) is 7.64. The number of nitriles is 1. The van der Waals surface area contributed by atoms with Crippen molar-refractivity contribution < 1.29 is 27.6 Å². The van der Waals surface area contributed by atoms with Crippen molar-refractivity contribution in [1.29, 1.82) is 5.26 Å². The lowest BCUT2D eigenvalue weighted by Crippen LogP contribution is -2.13. The Morgan fingerprint density at radius 3 is 2.26 bits per heavy atom. The van der Waals surface area contributed by atoms with Crippen LogP contribution < -0.4 is 10.1 Å². The minimum Gasteiger partial charge on any atom is -0.449 e. The summed E-state index contributed by atoms with van der Waals surface area (Å²) in [6, 6.07) is 13.6. The van der Waals surface area contributed by atoms with E-state index in [2.05, 4.69) is 5.32 Å². The number of hydrogen-bond acceptors (Lipinski definition) is 5. The van der Waals surface area contributed by atoms with Gasteiger partial charge >= 0.3 is 11.9 Å². The van der Waals surface area contributed by atoms with E-state index in [1.165, 1.54) is 42.5 Å². The van der Waals surface area contributed by atoms with E-state index in [1.54, 1.807) is 6.07 Å². The molecule has 0 saturated carbocycles. The number of ether oxygens (including phenoxy) is 1. The van der Waals surface area contributed by atoms with E-state index in [4.69, 9.17) is 27.9 Å². The zero-order valence-corrected chi connectivity index (χ0v) is 18.8. The summed E-state index contributed by atoms with van der Waals surface area (Å²) in [5.74, 6) is -1.35. The van der Waals surface area contributed by atoms with Crippen LogP contribution in [0.2, 0.25) is 10.0 Å². The van der Waals surface area contributed by atoms with Gasteiger partial charge in [-0.25, -0.2) is 0 Å². The molecule has 0 saturated heterocycles. The van der Waals surface area contributed by atoms with Gasteiger partial charge in [-0.15, -0.1) is 0 Å². The molecule has 1 amide bonds. The maximum atomic E-state index is 13.0. The molecule has 1 N–H and O–H groups in total. The first-order chi connectivity index (χ1) is 16.5. The van der Waals surface area contributed by atoms with E-state index in [-0.39, 0.29) is 21.9 Å². The van der Waals surface area contributed by atoms with Crippen molar-refractivity contribution >= 4 is 46.6 Å². The van der Waals surface area contributed by atoms with Gasteiger partial charge in [0.25, 0.3) is 5.91 Å². The Morgan fingerprint density at radius 2 is 1.66 bits per heavy atom. The predicted octanol–water partition coefficient (Wildman–Crippen LogP) is 7.26. The van der Waals surface area contributed by atoms with Crippen LogP contribution in [0.25, 0.3) is 6.08 Å². The lowest BCUT2D eigenvalue weighted by Gasteiger charge is -2.12. The summed E-state index contributed by atoms with van der Waals surface area (Å²) < 4.78 is 44.4. The molecule has 0 bridgehead atoms. The second-order valence-corrected chi connectivity index (χ2v) is 7.73. The van der Waals surface area contributed by atoms with E-state index >= 15 is 0 Å². The molecule has 35 heavy (non-hydrogen) atoms. The number of nitro groups is 1. The average molecular weight is 522 g/mol. The Hall–Kier alpha value is -4.07. The van der Waals surface area contributed by atoms with Crippen LogP contribution in [-0.2, 0) is 11.0 Å². The molecule has 178 valence electrons. The van der Waals surface area contributed by atoms with Gasteiger partial charge in [0, 0.05) is 27.4 Å².